The minimum absolute atomic E-state index is 0.309. The first kappa shape index (κ1) is 15.0. The van der Waals surface area contributed by atoms with Crippen LogP contribution in [0.25, 0.3) is 5.52 Å². The number of hydrogen-bond donors (Lipinski definition) is 0. The number of carbonyl (C=O) groups is 1. The first-order valence-corrected chi connectivity index (χ1v) is 7.89. The zero-order valence-corrected chi connectivity index (χ0v) is 13.5. The van der Waals surface area contributed by atoms with Crippen molar-refractivity contribution in [3.8, 4) is 0 Å². The monoisotopic (exact) mass is 301 g/mol. The van der Waals surface area contributed by atoms with Crippen molar-refractivity contribution in [1.29, 1.82) is 0 Å². The minimum Gasteiger partial charge on any atom is -0.465 e. The number of likely N-dealkylation sites (tertiary alicyclic amines) is 1. The number of fused-ring (bicyclic) bond motifs is 1. The third-order valence-corrected chi connectivity index (χ3v) is 4.60. The molecule has 118 valence electrons. The smallest absolute Gasteiger partial charge is 0.339 e. The van der Waals surface area contributed by atoms with Crippen molar-refractivity contribution in [2.45, 2.75) is 38.6 Å². The summed E-state index contributed by atoms with van der Waals surface area (Å²) in [6.07, 6.45) is 5.95. The van der Waals surface area contributed by atoms with Gasteiger partial charge in [-0.3, -0.25) is 0 Å². The van der Waals surface area contributed by atoms with E-state index in [0.29, 0.717) is 17.5 Å². The summed E-state index contributed by atoms with van der Waals surface area (Å²) in [6, 6.07) is 4.31. The van der Waals surface area contributed by atoms with Crippen LogP contribution in [0.15, 0.2) is 24.5 Å². The maximum Gasteiger partial charge on any atom is 0.339 e. The molecule has 0 unspecified atom stereocenters. The summed E-state index contributed by atoms with van der Waals surface area (Å²) in [7, 11) is 1.41. The third kappa shape index (κ3) is 2.73. The number of ether oxygens (including phenoxy) is 1. The van der Waals surface area contributed by atoms with Gasteiger partial charge in [0.15, 0.2) is 0 Å². The van der Waals surface area contributed by atoms with Crippen LogP contribution in [0.1, 0.15) is 48.8 Å². The molecule has 5 heteroatoms. The number of pyridine rings is 1. The molecule has 0 aliphatic carbocycles. The molecule has 2 aromatic rings. The van der Waals surface area contributed by atoms with E-state index in [2.05, 4.69) is 23.7 Å². The van der Waals surface area contributed by atoms with Crippen LogP contribution in [0.2, 0.25) is 0 Å². The predicted octanol–water partition coefficient (Wildman–Crippen LogP) is 2.71. The molecule has 0 amide bonds. The summed E-state index contributed by atoms with van der Waals surface area (Å²) in [5.74, 6) is 1.20. The number of piperidine rings is 1. The molecule has 0 spiro atoms. The van der Waals surface area contributed by atoms with E-state index in [-0.39, 0.29) is 5.97 Å². The van der Waals surface area contributed by atoms with Crippen molar-refractivity contribution in [2.75, 3.05) is 20.2 Å². The van der Waals surface area contributed by atoms with Crippen molar-refractivity contribution in [3.63, 3.8) is 0 Å². The summed E-state index contributed by atoms with van der Waals surface area (Å²) in [5, 5.41) is 0. The molecule has 1 aliphatic rings. The Hall–Kier alpha value is -1.88. The molecule has 1 saturated heterocycles. The fourth-order valence-electron chi connectivity index (χ4n) is 3.22. The zero-order chi connectivity index (χ0) is 15.7. The van der Waals surface area contributed by atoms with Crippen LogP contribution in [0.5, 0.6) is 0 Å². The number of carbonyl (C=O) groups excluding carboxylic acids is 1. The van der Waals surface area contributed by atoms with E-state index < -0.39 is 0 Å². The van der Waals surface area contributed by atoms with Crippen LogP contribution in [0.4, 0.5) is 0 Å². The molecule has 0 N–H and O–H groups in total. The lowest BCUT2D eigenvalue weighted by Crippen LogP contribution is -2.38. The Balaban J connectivity index is 1.86. The van der Waals surface area contributed by atoms with Gasteiger partial charge in [-0.25, -0.2) is 9.78 Å². The van der Waals surface area contributed by atoms with Gasteiger partial charge >= 0.3 is 5.97 Å². The number of esters is 1. The fraction of sp³-hybridized carbons (Fsp3) is 0.529. The van der Waals surface area contributed by atoms with E-state index in [0.717, 1.165) is 37.3 Å². The van der Waals surface area contributed by atoms with Crippen LogP contribution in [0, 0.1) is 0 Å². The quantitative estimate of drug-likeness (QED) is 0.818. The number of hydrogen-bond acceptors (Lipinski definition) is 4. The highest BCUT2D eigenvalue weighted by atomic mass is 16.5. The predicted molar refractivity (Wildman–Crippen MR) is 85.2 cm³/mol. The Morgan fingerprint density at radius 2 is 2.05 bits per heavy atom. The Bertz CT molecular complexity index is 670. The van der Waals surface area contributed by atoms with E-state index in [4.69, 9.17) is 4.74 Å². The number of methoxy groups -OCH3 is 1. The molecule has 3 heterocycles. The average molecular weight is 301 g/mol. The lowest BCUT2D eigenvalue weighted by Gasteiger charge is -2.34. The summed E-state index contributed by atoms with van der Waals surface area (Å²) in [5.41, 5.74) is 1.59. The fourth-order valence-corrected chi connectivity index (χ4v) is 3.22. The largest absolute Gasteiger partial charge is 0.465 e. The molecule has 2 aromatic heterocycles. The highest BCUT2D eigenvalue weighted by molar-refractivity contribution is 5.89. The Morgan fingerprint density at radius 3 is 2.68 bits per heavy atom. The zero-order valence-electron chi connectivity index (χ0n) is 13.5. The molecule has 0 bridgehead atoms. The van der Waals surface area contributed by atoms with Gasteiger partial charge < -0.3 is 14.0 Å². The molecule has 0 atom stereocenters. The van der Waals surface area contributed by atoms with Crippen molar-refractivity contribution in [1.82, 2.24) is 14.3 Å². The van der Waals surface area contributed by atoms with Gasteiger partial charge in [0.05, 0.1) is 24.4 Å². The molecule has 3 rings (SSSR count). The van der Waals surface area contributed by atoms with Gasteiger partial charge in [0, 0.05) is 18.2 Å². The van der Waals surface area contributed by atoms with Gasteiger partial charge in [-0.1, -0.05) is 0 Å². The van der Waals surface area contributed by atoms with Crippen LogP contribution in [-0.2, 0) is 4.74 Å². The summed E-state index contributed by atoms with van der Waals surface area (Å²) < 4.78 is 6.85. The molecule has 0 radical (unpaired) electrons. The Labute approximate surface area is 130 Å². The van der Waals surface area contributed by atoms with Gasteiger partial charge in [0.25, 0.3) is 0 Å². The number of rotatable bonds is 3. The van der Waals surface area contributed by atoms with Gasteiger partial charge in [-0.05, 0) is 51.9 Å². The van der Waals surface area contributed by atoms with Crippen molar-refractivity contribution >= 4 is 11.5 Å². The molecule has 1 fully saturated rings. The average Bonchev–Trinajstić information content (AvgIpc) is 2.97. The highest BCUT2D eigenvalue weighted by Gasteiger charge is 2.25. The minimum atomic E-state index is -0.309. The summed E-state index contributed by atoms with van der Waals surface area (Å²) in [4.78, 5) is 18.8. The van der Waals surface area contributed by atoms with E-state index in [1.165, 1.54) is 7.11 Å². The maximum atomic E-state index is 11.7. The van der Waals surface area contributed by atoms with Crippen molar-refractivity contribution < 1.29 is 9.53 Å². The number of aromatic nitrogens is 2. The molecule has 0 saturated carbocycles. The first-order valence-electron chi connectivity index (χ1n) is 7.89. The van der Waals surface area contributed by atoms with E-state index in [9.17, 15) is 4.79 Å². The van der Waals surface area contributed by atoms with E-state index >= 15 is 0 Å². The van der Waals surface area contributed by atoms with Gasteiger partial charge in [0.2, 0.25) is 0 Å². The maximum absolute atomic E-state index is 11.7. The van der Waals surface area contributed by atoms with Crippen LogP contribution in [-0.4, -0.2) is 46.5 Å². The van der Waals surface area contributed by atoms with E-state index in [1.807, 2.05) is 22.9 Å². The lowest BCUT2D eigenvalue weighted by molar-refractivity contribution is 0.0600. The Morgan fingerprint density at radius 1 is 1.32 bits per heavy atom. The second-order valence-corrected chi connectivity index (χ2v) is 6.22. The SMILES string of the molecule is COC(=O)c1ccc2cnc(C3CCN(C(C)C)CC3)n2c1. The topological polar surface area (TPSA) is 46.8 Å². The summed E-state index contributed by atoms with van der Waals surface area (Å²) in [6.45, 7) is 6.70. The van der Waals surface area contributed by atoms with Crippen molar-refractivity contribution in [3.05, 3.63) is 35.9 Å². The molecule has 0 aromatic carbocycles. The lowest BCUT2D eigenvalue weighted by atomic mass is 9.95. The molecule has 1 aliphatic heterocycles. The second kappa shape index (κ2) is 6.08. The van der Waals surface area contributed by atoms with Gasteiger partial charge in [-0.2, -0.15) is 0 Å². The van der Waals surface area contributed by atoms with Gasteiger partial charge in [0.1, 0.15) is 5.82 Å². The van der Waals surface area contributed by atoms with Crippen LogP contribution >= 0.6 is 0 Å². The molecular weight excluding hydrogens is 278 g/mol. The highest BCUT2D eigenvalue weighted by Crippen LogP contribution is 2.28. The first-order chi connectivity index (χ1) is 10.6. The van der Waals surface area contributed by atoms with Crippen LogP contribution < -0.4 is 0 Å². The number of imidazole rings is 1. The van der Waals surface area contributed by atoms with Gasteiger partial charge in [-0.15, -0.1) is 0 Å². The summed E-state index contributed by atoms with van der Waals surface area (Å²) >= 11 is 0. The third-order valence-electron chi connectivity index (χ3n) is 4.60. The molecular formula is C17H23N3O2. The number of nitrogens with zero attached hydrogens (tertiary/aromatic N) is 3. The van der Waals surface area contributed by atoms with E-state index in [1.54, 1.807) is 6.07 Å². The molecule has 22 heavy (non-hydrogen) atoms. The molecule has 5 nitrogen and oxygen atoms in total. The Kier molecular flexibility index (Phi) is 4.16. The van der Waals surface area contributed by atoms with Crippen molar-refractivity contribution in [2.24, 2.45) is 0 Å². The normalized spacial score (nSPS) is 17.3. The van der Waals surface area contributed by atoms with Crippen LogP contribution in [0.3, 0.4) is 0 Å². The second-order valence-electron chi connectivity index (χ2n) is 6.22. The standard InChI is InChI=1S/C17H23N3O2/c1-12(2)19-8-6-13(7-9-19)16-18-10-15-5-4-14(11-20(15)16)17(21)22-3/h4-5,10-13H,6-9H2,1-3H3.